The van der Waals surface area contributed by atoms with Crippen molar-refractivity contribution in [1.82, 2.24) is 20.0 Å². The topological polar surface area (TPSA) is 50.2 Å². The Kier molecular flexibility index (Phi) is 6.72. The SMILES string of the molecule is C=CCn1nc(C(=O)N2CCSCC2)c2c1CC[C@@H](NCCc1ccccc1)C2. The molecule has 154 valence electrons. The predicted molar refractivity (Wildman–Crippen MR) is 120 cm³/mol. The maximum absolute atomic E-state index is 13.2. The van der Waals surface area contributed by atoms with Crippen LogP contribution < -0.4 is 5.32 Å². The van der Waals surface area contributed by atoms with Crippen LogP contribution in [-0.2, 0) is 25.8 Å². The summed E-state index contributed by atoms with van der Waals surface area (Å²) in [6, 6.07) is 11.0. The fraction of sp³-hybridized carbons (Fsp3) is 0.478. The largest absolute Gasteiger partial charge is 0.336 e. The first-order chi connectivity index (χ1) is 14.3. The van der Waals surface area contributed by atoms with Gasteiger partial charge in [0.05, 0.1) is 6.54 Å². The average molecular weight is 411 g/mol. The van der Waals surface area contributed by atoms with Gasteiger partial charge in [-0.05, 0) is 37.8 Å². The number of hydrogen-bond donors (Lipinski definition) is 1. The first-order valence-electron chi connectivity index (χ1n) is 10.6. The summed E-state index contributed by atoms with van der Waals surface area (Å²) in [4.78, 5) is 15.2. The highest BCUT2D eigenvalue weighted by atomic mass is 32.2. The normalized spacial score (nSPS) is 19.0. The number of aromatic nitrogens is 2. The minimum atomic E-state index is 0.106. The molecule has 2 aromatic rings. The number of amides is 1. The summed E-state index contributed by atoms with van der Waals surface area (Å²) in [5.41, 5.74) is 4.40. The summed E-state index contributed by atoms with van der Waals surface area (Å²) in [6.07, 6.45) is 5.81. The van der Waals surface area contributed by atoms with E-state index >= 15 is 0 Å². The molecule has 0 radical (unpaired) electrons. The van der Waals surface area contributed by atoms with Gasteiger partial charge in [-0.2, -0.15) is 16.9 Å². The Hall–Kier alpha value is -2.05. The van der Waals surface area contributed by atoms with Crippen molar-refractivity contribution in [2.75, 3.05) is 31.1 Å². The molecule has 1 N–H and O–H groups in total. The van der Waals surface area contributed by atoms with Crippen molar-refractivity contribution in [3.63, 3.8) is 0 Å². The molecule has 1 atom stereocenters. The Morgan fingerprint density at radius 2 is 2.07 bits per heavy atom. The Morgan fingerprint density at radius 1 is 1.28 bits per heavy atom. The summed E-state index contributed by atoms with van der Waals surface area (Å²) >= 11 is 1.92. The third kappa shape index (κ3) is 4.75. The van der Waals surface area contributed by atoms with Crippen LogP contribution in [0.3, 0.4) is 0 Å². The van der Waals surface area contributed by atoms with Crippen LogP contribution >= 0.6 is 11.8 Å². The van der Waals surface area contributed by atoms with Crippen molar-refractivity contribution in [2.45, 2.75) is 38.3 Å². The molecule has 0 saturated carbocycles. The number of nitrogens with one attached hydrogen (secondary N) is 1. The second-order valence-electron chi connectivity index (χ2n) is 7.78. The van der Waals surface area contributed by atoms with E-state index < -0.39 is 0 Å². The lowest BCUT2D eigenvalue weighted by Crippen LogP contribution is -2.40. The summed E-state index contributed by atoms with van der Waals surface area (Å²) in [5.74, 6) is 2.14. The van der Waals surface area contributed by atoms with Crippen LogP contribution in [0.2, 0.25) is 0 Å². The van der Waals surface area contributed by atoms with E-state index in [0.29, 0.717) is 18.3 Å². The first-order valence-corrected chi connectivity index (χ1v) is 11.8. The van der Waals surface area contributed by atoms with Gasteiger partial charge in [0.25, 0.3) is 5.91 Å². The third-order valence-corrected chi connectivity index (χ3v) is 6.78. The van der Waals surface area contributed by atoms with Gasteiger partial charge in [-0.1, -0.05) is 36.4 Å². The number of carbonyl (C=O) groups excluding carboxylic acids is 1. The molecule has 4 rings (SSSR count). The molecule has 1 amide bonds. The minimum absolute atomic E-state index is 0.106. The number of allylic oxidation sites excluding steroid dienone is 1. The Balaban J connectivity index is 1.46. The summed E-state index contributed by atoms with van der Waals surface area (Å²) < 4.78 is 1.99. The maximum Gasteiger partial charge on any atom is 0.274 e. The van der Waals surface area contributed by atoms with Crippen molar-refractivity contribution in [2.24, 2.45) is 0 Å². The summed E-state index contributed by atoms with van der Waals surface area (Å²) in [7, 11) is 0. The third-order valence-electron chi connectivity index (χ3n) is 5.84. The maximum atomic E-state index is 13.2. The zero-order chi connectivity index (χ0) is 20.1. The quantitative estimate of drug-likeness (QED) is 0.713. The molecule has 2 heterocycles. The Bertz CT molecular complexity index is 842. The van der Waals surface area contributed by atoms with E-state index in [9.17, 15) is 4.79 Å². The average Bonchev–Trinajstić information content (AvgIpc) is 3.13. The first kappa shape index (κ1) is 20.2. The van der Waals surface area contributed by atoms with Gasteiger partial charge in [0, 0.05) is 41.9 Å². The van der Waals surface area contributed by atoms with Crippen molar-refractivity contribution < 1.29 is 4.79 Å². The molecule has 1 aliphatic heterocycles. The van der Waals surface area contributed by atoms with E-state index in [1.165, 1.54) is 11.3 Å². The molecule has 29 heavy (non-hydrogen) atoms. The van der Waals surface area contributed by atoms with Gasteiger partial charge >= 0.3 is 0 Å². The van der Waals surface area contributed by atoms with E-state index in [0.717, 1.165) is 62.4 Å². The number of carbonyl (C=O) groups is 1. The van der Waals surface area contributed by atoms with Crippen LogP contribution in [0.1, 0.15) is 33.7 Å². The highest BCUT2D eigenvalue weighted by molar-refractivity contribution is 7.99. The van der Waals surface area contributed by atoms with Crippen molar-refractivity contribution in [3.8, 4) is 0 Å². The molecule has 1 fully saturated rings. The summed E-state index contributed by atoms with van der Waals surface area (Å²) in [5, 5.41) is 8.45. The van der Waals surface area contributed by atoms with Crippen molar-refractivity contribution in [1.29, 1.82) is 0 Å². The molecule has 1 aliphatic carbocycles. The fourth-order valence-electron chi connectivity index (χ4n) is 4.29. The smallest absolute Gasteiger partial charge is 0.274 e. The van der Waals surface area contributed by atoms with Crippen LogP contribution in [0.15, 0.2) is 43.0 Å². The number of nitrogens with zero attached hydrogens (tertiary/aromatic N) is 3. The zero-order valence-corrected chi connectivity index (χ0v) is 17.8. The molecule has 1 aromatic carbocycles. The van der Waals surface area contributed by atoms with Crippen LogP contribution in [0.5, 0.6) is 0 Å². The van der Waals surface area contributed by atoms with Gasteiger partial charge in [-0.25, -0.2) is 0 Å². The highest BCUT2D eigenvalue weighted by Gasteiger charge is 2.31. The van der Waals surface area contributed by atoms with Crippen molar-refractivity contribution in [3.05, 3.63) is 65.5 Å². The molecular formula is C23H30N4OS. The van der Waals surface area contributed by atoms with Crippen LogP contribution in [0.25, 0.3) is 0 Å². The second kappa shape index (κ2) is 9.63. The van der Waals surface area contributed by atoms with Gasteiger partial charge < -0.3 is 10.2 Å². The number of benzene rings is 1. The van der Waals surface area contributed by atoms with E-state index in [-0.39, 0.29) is 5.91 Å². The van der Waals surface area contributed by atoms with E-state index in [4.69, 9.17) is 5.10 Å². The van der Waals surface area contributed by atoms with Gasteiger partial charge in [0.1, 0.15) is 0 Å². The lowest BCUT2D eigenvalue weighted by atomic mass is 9.91. The number of rotatable bonds is 7. The lowest BCUT2D eigenvalue weighted by molar-refractivity contribution is 0.0764. The molecule has 0 spiro atoms. The molecule has 1 saturated heterocycles. The molecule has 1 aromatic heterocycles. The predicted octanol–water partition coefficient (Wildman–Crippen LogP) is 2.95. The molecule has 2 aliphatic rings. The van der Waals surface area contributed by atoms with Crippen LogP contribution in [0, 0.1) is 0 Å². The van der Waals surface area contributed by atoms with Gasteiger partial charge in [0.15, 0.2) is 5.69 Å². The molecule has 6 heteroatoms. The second-order valence-corrected chi connectivity index (χ2v) is 9.00. The Labute approximate surface area is 177 Å². The molecular weight excluding hydrogens is 380 g/mol. The molecule has 5 nitrogen and oxygen atoms in total. The minimum Gasteiger partial charge on any atom is -0.336 e. The number of thioether (sulfide) groups is 1. The molecule has 0 unspecified atom stereocenters. The van der Waals surface area contributed by atoms with Crippen LogP contribution in [-0.4, -0.2) is 57.8 Å². The zero-order valence-electron chi connectivity index (χ0n) is 17.0. The van der Waals surface area contributed by atoms with Crippen LogP contribution in [0.4, 0.5) is 0 Å². The summed E-state index contributed by atoms with van der Waals surface area (Å²) in [6.45, 7) is 7.13. The van der Waals surface area contributed by atoms with Gasteiger partial charge in [0.2, 0.25) is 0 Å². The van der Waals surface area contributed by atoms with E-state index in [1.54, 1.807) is 0 Å². The highest BCUT2D eigenvalue weighted by Crippen LogP contribution is 2.27. The van der Waals surface area contributed by atoms with Gasteiger partial charge in [-0.3, -0.25) is 9.48 Å². The standard InChI is InChI=1S/C23H30N4OS/c1-2-12-27-21-9-8-19(24-11-10-18-6-4-3-5-7-18)17-20(21)22(25-27)23(28)26-13-15-29-16-14-26/h2-7,19,24H,1,8-17H2/t19-/m1/s1. The monoisotopic (exact) mass is 410 g/mol. The van der Waals surface area contributed by atoms with E-state index in [2.05, 4.69) is 42.2 Å². The van der Waals surface area contributed by atoms with E-state index in [1.807, 2.05) is 27.4 Å². The number of hydrogen-bond acceptors (Lipinski definition) is 4. The number of fused-ring (bicyclic) bond motifs is 1. The Morgan fingerprint density at radius 3 is 2.83 bits per heavy atom. The lowest BCUT2D eigenvalue weighted by Gasteiger charge is -2.27. The molecule has 0 bridgehead atoms. The van der Waals surface area contributed by atoms with Crippen molar-refractivity contribution >= 4 is 17.7 Å². The fourth-order valence-corrected chi connectivity index (χ4v) is 5.19. The van der Waals surface area contributed by atoms with Gasteiger partial charge in [-0.15, -0.1) is 6.58 Å².